The molecular formula is C19H23ClN4O4S. The number of anilines is 1. The van der Waals surface area contributed by atoms with Crippen LogP contribution in [0.3, 0.4) is 0 Å². The fraction of sp³-hybridized carbons (Fsp3) is 0.316. The van der Waals surface area contributed by atoms with Crippen molar-refractivity contribution in [2.45, 2.75) is 18.4 Å². The number of nitrogens with zero attached hydrogens (tertiary/aromatic N) is 2. The van der Waals surface area contributed by atoms with Gasteiger partial charge in [-0.25, -0.2) is 18.6 Å². The van der Waals surface area contributed by atoms with Gasteiger partial charge in [-0.05, 0) is 30.7 Å². The number of nitrogens with one attached hydrogen (secondary N) is 2. The standard InChI is InChI=1S/C19H23ClN4O4S/c1-14-5-7-16(8-6-14)29(27,28)22-21-13-15-3-2-4-17(20)18(15)23-9-11-24(12-10-23)19(25)26/h2-8,21-22H,9-13H2,1H3,(H,25,26). The lowest BCUT2D eigenvalue weighted by Gasteiger charge is -2.36. The predicted octanol–water partition coefficient (Wildman–Crippen LogP) is 2.43. The first-order chi connectivity index (χ1) is 13.8. The van der Waals surface area contributed by atoms with E-state index in [-0.39, 0.29) is 11.4 Å². The van der Waals surface area contributed by atoms with Crippen molar-refractivity contribution in [3.05, 3.63) is 58.6 Å². The number of aryl methyl sites for hydroxylation is 1. The van der Waals surface area contributed by atoms with Gasteiger partial charge in [-0.1, -0.05) is 41.4 Å². The first-order valence-electron chi connectivity index (χ1n) is 9.09. The van der Waals surface area contributed by atoms with Crippen molar-refractivity contribution in [1.29, 1.82) is 0 Å². The second kappa shape index (κ2) is 9.00. The Labute approximate surface area is 175 Å². The average molecular weight is 439 g/mol. The highest BCUT2D eigenvalue weighted by atomic mass is 35.5. The van der Waals surface area contributed by atoms with Gasteiger partial charge in [0.2, 0.25) is 0 Å². The summed E-state index contributed by atoms with van der Waals surface area (Å²) in [4.78, 5) is 17.1. The zero-order chi connectivity index (χ0) is 21.0. The van der Waals surface area contributed by atoms with Gasteiger partial charge in [0.05, 0.1) is 15.6 Å². The summed E-state index contributed by atoms with van der Waals surface area (Å²) in [6, 6.07) is 12.0. The second-order valence-corrected chi connectivity index (χ2v) is 8.87. The van der Waals surface area contributed by atoms with E-state index in [2.05, 4.69) is 10.3 Å². The third-order valence-electron chi connectivity index (χ3n) is 4.75. The SMILES string of the molecule is Cc1ccc(S(=O)(=O)NNCc2cccc(Cl)c2N2CCN(C(=O)O)CC2)cc1. The van der Waals surface area contributed by atoms with E-state index in [9.17, 15) is 13.2 Å². The topological polar surface area (TPSA) is 102 Å². The van der Waals surface area contributed by atoms with Crippen LogP contribution < -0.4 is 15.2 Å². The lowest BCUT2D eigenvalue weighted by atomic mass is 10.1. The van der Waals surface area contributed by atoms with Crippen LogP contribution in [0.1, 0.15) is 11.1 Å². The van der Waals surface area contributed by atoms with Gasteiger partial charge in [-0.2, -0.15) is 0 Å². The minimum Gasteiger partial charge on any atom is -0.465 e. The van der Waals surface area contributed by atoms with Gasteiger partial charge >= 0.3 is 6.09 Å². The lowest BCUT2D eigenvalue weighted by Crippen LogP contribution is -2.48. The number of halogens is 1. The molecule has 156 valence electrons. The molecule has 0 atom stereocenters. The summed E-state index contributed by atoms with van der Waals surface area (Å²) in [5.74, 6) is 0. The molecule has 0 radical (unpaired) electrons. The monoisotopic (exact) mass is 438 g/mol. The highest BCUT2D eigenvalue weighted by Gasteiger charge is 2.23. The second-order valence-electron chi connectivity index (χ2n) is 6.78. The van der Waals surface area contributed by atoms with E-state index >= 15 is 0 Å². The van der Waals surface area contributed by atoms with Gasteiger partial charge in [0.1, 0.15) is 0 Å². The molecular weight excluding hydrogens is 416 g/mol. The van der Waals surface area contributed by atoms with Crippen molar-refractivity contribution >= 4 is 33.4 Å². The molecule has 10 heteroatoms. The minimum atomic E-state index is -3.69. The number of benzene rings is 2. The summed E-state index contributed by atoms with van der Waals surface area (Å²) in [7, 11) is -3.69. The van der Waals surface area contributed by atoms with Crippen LogP contribution in [-0.4, -0.2) is 50.7 Å². The fourth-order valence-corrected chi connectivity index (χ4v) is 4.37. The number of carbonyl (C=O) groups is 1. The molecule has 0 saturated carbocycles. The highest BCUT2D eigenvalue weighted by Crippen LogP contribution is 2.30. The molecule has 0 spiro atoms. The Balaban J connectivity index is 1.68. The smallest absolute Gasteiger partial charge is 0.407 e. The molecule has 0 unspecified atom stereocenters. The van der Waals surface area contributed by atoms with Crippen molar-refractivity contribution in [2.75, 3.05) is 31.1 Å². The number of hydrazine groups is 1. The van der Waals surface area contributed by atoms with Gasteiger partial charge in [0.15, 0.2) is 0 Å². The van der Waals surface area contributed by atoms with Gasteiger partial charge in [0, 0.05) is 32.7 Å². The summed E-state index contributed by atoms with van der Waals surface area (Å²) < 4.78 is 24.8. The fourth-order valence-electron chi connectivity index (χ4n) is 3.18. The summed E-state index contributed by atoms with van der Waals surface area (Å²) in [6.07, 6.45) is -0.934. The van der Waals surface area contributed by atoms with Crippen molar-refractivity contribution in [2.24, 2.45) is 0 Å². The largest absolute Gasteiger partial charge is 0.465 e. The molecule has 1 saturated heterocycles. The molecule has 2 aromatic carbocycles. The zero-order valence-electron chi connectivity index (χ0n) is 15.9. The van der Waals surface area contributed by atoms with Crippen LogP contribution in [0.15, 0.2) is 47.4 Å². The summed E-state index contributed by atoms with van der Waals surface area (Å²) in [6.45, 7) is 3.90. The van der Waals surface area contributed by atoms with E-state index in [1.54, 1.807) is 36.4 Å². The van der Waals surface area contributed by atoms with Crippen LogP contribution >= 0.6 is 11.6 Å². The van der Waals surface area contributed by atoms with E-state index in [0.717, 1.165) is 16.8 Å². The Bertz CT molecular complexity index is 974. The van der Waals surface area contributed by atoms with E-state index in [1.807, 2.05) is 17.9 Å². The van der Waals surface area contributed by atoms with Crippen molar-refractivity contribution < 1.29 is 18.3 Å². The Morgan fingerprint density at radius 1 is 1.10 bits per heavy atom. The summed E-state index contributed by atoms with van der Waals surface area (Å²) >= 11 is 6.40. The number of hydrogen-bond donors (Lipinski definition) is 3. The average Bonchev–Trinajstić information content (AvgIpc) is 2.68. The zero-order valence-corrected chi connectivity index (χ0v) is 17.5. The Hall–Kier alpha value is -2.33. The first kappa shape index (κ1) is 21.4. The number of rotatable bonds is 6. The molecule has 0 aromatic heterocycles. The van der Waals surface area contributed by atoms with E-state index in [4.69, 9.17) is 16.7 Å². The van der Waals surface area contributed by atoms with Crippen LogP contribution in [0, 0.1) is 6.92 Å². The molecule has 1 aliphatic heterocycles. The lowest BCUT2D eigenvalue weighted by molar-refractivity contribution is 0.142. The number of amides is 1. The molecule has 8 nitrogen and oxygen atoms in total. The van der Waals surface area contributed by atoms with E-state index in [0.29, 0.717) is 31.2 Å². The maximum Gasteiger partial charge on any atom is 0.407 e. The summed E-state index contributed by atoms with van der Waals surface area (Å²) in [5.41, 5.74) is 5.33. The van der Waals surface area contributed by atoms with Crippen LogP contribution in [0.25, 0.3) is 0 Å². The molecule has 0 aliphatic carbocycles. The number of piperazine rings is 1. The van der Waals surface area contributed by atoms with Gasteiger partial charge in [0.25, 0.3) is 10.0 Å². The molecule has 3 N–H and O–H groups in total. The van der Waals surface area contributed by atoms with Crippen LogP contribution in [0.2, 0.25) is 5.02 Å². The Kier molecular flexibility index (Phi) is 6.63. The number of para-hydroxylation sites is 1. The molecule has 29 heavy (non-hydrogen) atoms. The predicted molar refractivity (Wildman–Crippen MR) is 112 cm³/mol. The maximum absolute atomic E-state index is 12.4. The van der Waals surface area contributed by atoms with Gasteiger partial charge in [-0.3, -0.25) is 0 Å². The third kappa shape index (κ3) is 5.18. The van der Waals surface area contributed by atoms with E-state index in [1.165, 1.54) is 4.90 Å². The quantitative estimate of drug-likeness (QED) is 0.599. The number of hydrogen-bond acceptors (Lipinski definition) is 5. The summed E-state index contributed by atoms with van der Waals surface area (Å²) in [5, 5.41) is 9.65. The van der Waals surface area contributed by atoms with E-state index < -0.39 is 16.1 Å². The maximum atomic E-state index is 12.4. The van der Waals surface area contributed by atoms with Crippen LogP contribution in [-0.2, 0) is 16.6 Å². The Morgan fingerprint density at radius 3 is 2.38 bits per heavy atom. The molecule has 1 amide bonds. The minimum absolute atomic E-state index is 0.173. The van der Waals surface area contributed by atoms with Gasteiger partial charge in [-0.15, -0.1) is 4.83 Å². The van der Waals surface area contributed by atoms with Crippen LogP contribution in [0.5, 0.6) is 0 Å². The normalized spacial score (nSPS) is 14.8. The molecule has 1 fully saturated rings. The highest BCUT2D eigenvalue weighted by molar-refractivity contribution is 7.89. The molecule has 1 aliphatic rings. The molecule has 2 aromatic rings. The number of sulfonamides is 1. The first-order valence-corrected chi connectivity index (χ1v) is 11.0. The van der Waals surface area contributed by atoms with Crippen LogP contribution in [0.4, 0.5) is 10.5 Å². The molecule has 0 bridgehead atoms. The Morgan fingerprint density at radius 2 is 1.76 bits per heavy atom. The van der Waals surface area contributed by atoms with Crippen molar-refractivity contribution in [1.82, 2.24) is 15.2 Å². The number of carboxylic acid groups (broad SMARTS) is 1. The molecule has 1 heterocycles. The van der Waals surface area contributed by atoms with Gasteiger partial charge < -0.3 is 14.9 Å². The third-order valence-corrected chi connectivity index (χ3v) is 6.36. The van der Waals surface area contributed by atoms with Crippen molar-refractivity contribution in [3.63, 3.8) is 0 Å². The van der Waals surface area contributed by atoms with Crippen molar-refractivity contribution in [3.8, 4) is 0 Å². The molecule has 3 rings (SSSR count).